The largest absolute Gasteiger partial charge is 0.497 e. The predicted molar refractivity (Wildman–Crippen MR) is 68.5 cm³/mol. The average Bonchev–Trinajstić information content (AvgIpc) is 2.71. The minimum atomic E-state index is -0.687. The minimum Gasteiger partial charge on any atom is -0.497 e. The van der Waals surface area contributed by atoms with E-state index in [1.165, 1.54) is 0 Å². The van der Waals surface area contributed by atoms with Crippen LogP contribution in [0.25, 0.3) is 0 Å². The van der Waals surface area contributed by atoms with Crippen molar-refractivity contribution in [1.29, 1.82) is 0 Å². The van der Waals surface area contributed by atoms with Gasteiger partial charge in [0.25, 0.3) is 0 Å². The molecule has 1 aliphatic heterocycles. The average molecular weight is 252 g/mol. The number of rotatable bonds is 5. The van der Waals surface area contributed by atoms with E-state index in [1.807, 2.05) is 24.3 Å². The fraction of sp³-hybridized carbons (Fsp3) is 0.538. The Balaban J connectivity index is 1.74. The van der Waals surface area contributed by atoms with Crippen molar-refractivity contribution < 1.29 is 14.9 Å². The molecule has 100 valence electrons. The molecule has 1 saturated heterocycles. The van der Waals surface area contributed by atoms with Gasteiger partial charge in [0, 0.05) is 25.7 Å². The summed E-state index contributed by atoms with van der Waals surface area (Å²) in [5.74, 6) is 0.842. The highest BCUT2D eigenvalue weighted by molar-refractivity contribution is 5.27. The molecule has 1 fully saturated rings. The second kappa shape index (κ2) is 6.15. The number of aliphatic hydroxyl groups excluding tert-OH is 2. The van der Waals surface area contributed by atoms with Crippen molar-refractivity contribution in [2.24, 2.45) is 0 Å². The Hall–Kier alpha value is -1.14. The molecular formula is C13H20N2O3. The molecule has 0 unspecified atom stereocenters. The number of hydrogen-bond acceptors (Lipinski definition) is 5. The summed E-state index contributed by atoms with van der Waals surface area (Å²) < 4.78 is 5.09. The Bertz CT molecular complexity index is 369. The zero-order valence-electron chi connectivity index (χ0n) is 10.5. The van der Waals surface area contributed by atoms with E-state index in [0.717, 1.165) is 17.9 Å². The SMILES string of the molecule is COc1ccc(CNC[C@H]2NC[C@H](O)[C@@H]2O)cc1. The number of aliphatic hydroxyl groups is 2. The Morgan fingerprint density at radius 3 is 2.61 bits per heavy atom. The van der Waals surface area contributed by atoms with Gasteiger partial charge in [-0.3, -0.25) is 0 Å². The van der Waals surface area contributed by atoms with Crippen LogP contribution in [0.1, 0.15) is 5.56 Å². The number of nitrogens with one attached hydrogen (secondary N) is 2. The highest BCUT2D eigenvalue weighted by Crippen LogP contribution is 2.11. The molecule has 0 aliphatic carbocycles. The molecule has 4 N–H and O–H groups in total. The lowest BCUT2D eigenvalue weighted by Crippen LogP contribution is -2.41. The van der Waals surface area contributed by atoms with Gasteiger partial charge in [-0.15, -0.1) is 0 Å². The molecule has 0 aromatic heterocycles. The molecule has 0 spiro atoms. The lowest BCUT2D eigenvalue weighted by atomic mass is 10.1. The molecule has 1 aromatic carbocycles. The molecule has 0 amide bonds. The Morgan fingerprint density at radius 2 is 2.06 bits per heavy atom. The molecule has 0 bridgehead atoms. The standard InChI is InChI=1S/C13H20N2O3/c1-18-10-4-2-9(3-5-10)6-14-7-11-13(17)12(16)8-15-11/h2-5,11-17H,6-8H2,1H3/t11-,12+,13-/m1/s1. The molecule has 5 nitrogen and oxygen atoms in total. The van der Waals surface area contributed by atoms with Gasteiger partial charge in [0.1, 0.15) is 5.75 Å². The van der Waals surface area contributed by atoms with Crippen LogP contribution in [-0.4, -0.2) is 48.7 Å². The van der Waals surface area contributed by atoms with Crippen molar-refractivity contribution in [3.63, 3.8) is 0 Å². The third-order valence-electron chi connectivity index (χ3n) is 3.25. The first-order valence-electron chi connectivity index (χ1n) is 6.14. The van der Waals surface area contributed by atoms with Gasteiger partial charge in [-0.1, -0.05) is 12.1 Å². The van der Waals surface area contributed by atoms with Gasteiger partial charge in [-0.2, -0.15) is 0 Å². The van der Waals surface area contributed by atoms with Crippen LogP contribution in [0.4, 0.5) is 0 Å². The highest BCUT2D eigenvalue weighted by Gasteiger charge is 2.32. The quantitative estimate of drug-likeness (QED) is 0.567. The molecule has 2 rings (SSSR count). The number of β-amino-alcohol motifs (C(OH)–C–C–N with tert-alkyl or cyclic N) is 1. The lowest BCUT2D eigenvalue weighted by Gasteiger charge is -2.16. The highest BCUT2D eigenvalue weighted by atomic mass is 16.5. The summed E-state index contributed by atoms with van der Waals surface area (Å²) >= 11 is 0. The second-order valence-corrected chi connectivity index (χ2v) is 4.55. The summed E-state index contributed by atoms with van der Waals surface area (Å²) in [5, 5.41) is 25.4. The monoisotopic (exact) mass is 252 g/mol. The smallest absolute Gasteiger partial charge is 0.118 e. The predicted octanol–water partition coefficient (Wildman–Crippen LogP) is -0.522. The topological polar surface area (TPSA) is 73.8 Å². The van der Waals surface area contributed by atoms with Crippen LogP contribution in [0.5, 0.6) is 5.75 Å². The van der Waals surface area contributed by atoms with E-state index in [4.69, 9.17) is 4.74 Å². The van der Waals surface area contributed by atoms with Crippen molar-refractivity contribution >= 4 is 0 Å². The fourth-order valence-electron chi connectivity index (χ4n) is 2.09. The normalized spacial score (nSPS) is 27.4. The maximum Gasteiger partial charge on any atom is 0.118 e. The molecule has 0 saturated carbocycles. The summed E-state index contributed by atoms with van der Waals surface area (Å²) in [6, 6.07) is 7.75. The summed E-state index contributed by atoms with van der Waals surface area (Å²) in [5.41, 5.74) is 1.16. The third kappa shape index (κ3) is 3.20. The van der Waals surface area contributed by atoms with Crippen LogP contribution in [0.2, 0.25) is 0 Å². The van der Waals surface area contributed by atoms with E-state index >= 15 is 0 Å². The summed E-state index contributed by atoms with van der Waals surface area (Å²) in [6.07, 6.45) is -1.34. The van der Waals surface area contributed by atoms with E-state index in [9.17, 15) is 10.2 Å². The molecule has 18 heavy (non-hydrogen) atoms. The van der Waals surface area contributed by atoms with Gasteiger partial charge >= 0.3 is 0 Å². The first kappa shape index (κ1) is 13.3. The molecule has 1 aromatic rings. The van der Waals surface area contributed by atoms with Crippen molar-refractivity contribution in [2.45, 2.75) is 24.8 Å². The second-order valence-electron chi connectivity index (χ2n) is 4.55. The van der Waals surface area contributed by atoms with Gasteiger partial charge in [0.05, 0.1) is 19.3 Å². The van der Waals surface area contributed by atoms with Crippen LogP contribution in [0.3, 0.4) is 0 Å². The minimum absolute atomic E-state index is 0.0850. The van der Waals surface area contributed by atoms with Crippen molar-refractivity contribution in [3.8, 4) is 5.75 Å². The molecular weight excluding hydrogens is 232 g/mol. The Labute approximate surface area is 107 Å². The van der Waals surface area contributed by atoms with Gasteiger partial charge < -0.3 is 25.6 Å². The summed E-state index contributed by atoms with van der Waals surface area (Å²) in [4.78, 5) is 0. The Morgan fingerprint density at radius 1 is 1.33 bits per heavy atom. The van der Waals surface area contributed by atoms with E-state index < -0.39 is 12.2 Å². The van der Waals surface area contributed by atoms with Gasteiger partial charge in [-0.25, -0.2) is 0 Å². The Kier molecular flexibility index (Phi) is 4.54. The number of benzene rings is 1. The maximum absolute atomic E-state index is 9.65. The van der Waals surface area contributed by atoms with Crippen molar-refractivity contribution in [2.75, 3.05) is 20.2 Å². The molecule has 3 atom stereocenters. The van der Waals surface area contributed by atoms with E-state index in [2.05, 4.69) is 10.6 Å². The first-order chi connectivity index (χ1) is 8.70. The van der Waals surface area contributed by atoms with Crippen LogP contribution >= 0.6 is 0 Å². The van der Waals surface area contributed by atoms with Gasteiger partial charge in [-0.05, 0) is 17.7 Å². The maximum atomic E-state index is 9.65. The number of hydrogen-bond donors (Lipinski definition) is 4. The molecule has 1 heterocycles. The van der Waals surface area contributed by atoms with Crippen LogP contribution < -0.4 is 15.4 Å². The fourth-order valence-corrected chi connectivity index (χ4v) is 2.09. The van der Waals surface area contributed by atoms with Gasteiger partial charge in [0.15, 0.2) is 0 Å². The zero-order valence-corrected chi connectivity index (χ0v) is 10.5. The van der Waals surface area contributed by atoms with Crippen LogP contribution in [0, 0.1) is 0 Å². The number of methoxy groups -OCH3 is 1. The molecule has 5 heteroatoms. The molecule has 1 aliphatic rings. The third-order valence-corrected chi connectivity index (χ3v) is 3.25. The van der Waals surface area contributed by atoms with Crippen molar-refractivity contribution in [1.82, 2.24) is 10.6 Å². The zero-order chi connectivity index (χ0) is 13.0. The van der Waals surface area contributed by atoms with Crippen LogP contribution in [-0.2, 0) is 6.54 Å². The van der Waals surface area contributed by atoms with E-state index in [-0.39, 0.29) is 6.04 Å². The van der Waals surface area contributed by atoms with Crippen molar-refractivity contribution in [3.05, 3.63) is 29.8 Å². The lowest BCUT2D eigenvalue weighted by molar-refractivity contribution is 0.0407. The summed E-state index contributed by atoms with van der Waals surface area (Å²) in [6.45, 7) is 1.81. The van der Waals surface area contributed by atoms with Crippen LogP contribution in [0.15, 0.2) is 24.3 Å². The van der Waals surface area contributed by atoms with E-state index in [1.54, 1.807) is 7.11 Å². The number of ether oxygens (including phenoxy) is 1. The summed E-state index contributed by atoms with van der Waals surface area (Å²) in [7, 11) is 1.64. The van der Waals surface area contributed by atoms with E-state index in [0.29, 0.717) is 13.1 Å². The first-order valence-corrected chi connectivity index (χ1v) is 6.14. The molecule has 0 radical (unpaired) electrons. The van der Waals surface area contributed by atoms with Gasteiger partial charge in [0.2, 0.25) is 0 Å².